The molecule has 0 amide bonds. The van der Waals surface area contributed by atoms with Crippen molar-refractivity contribution in [3.05, 3.63) is 48.0 Å². The van der Waals surface area contributed by atoms with Gasteiger partial charge in [0.05, 0.1) is 6.54 Å². The number of hydrogen-bond donors (Lipinski definition) is 0. The van der Waals surface area contributed by atoms with Crippen molar-refractivity contribution >= 4 is 15.7 Å². The van der Waals surface area contributed by atoms with Gasteiger partial charge in [-0.05, 0) is 43.3 Å². The van der Waals surface area contributed by atoms with E-state index in [2.05, 4.69) is 0 Å². The second-order valence-corrected chi connectivity index (χ2v) is 7.08. The molecule has 120 valence electrons. The normalized spacial score (nSPS) is 11.9. The lowest BCUT2D eigenvalue weighted by Gasteiger charge is -2.21. The van der Waals surface area contributed by atoms with E-state index in [1.54, 1.807) is 18.2 Å². The van der Waals surface area contributed by atoms with Crippen molar-refractivity contribution in [2.45, 2.75) is 18.6 Å². The Morgan fingerprint density at radius 1 is 1.09 bits per heavy atom. The van der Waals surface area contributed by atoms with E-state index in [0.717, 1.165) is 9.99 Å². The molecule has 0 aliphatic rings. The predicted molar refractivity (Wildman–Crippen MR) is 82.7 cm³/mol. The fourth-order valence-electron chi connectivity index (χ4n) is 1.99. The Hall–Kier alpha value is -1.86. The molecule has 22 heavy (non-hydrogen) atoms. The van der Waals surface area contributed by atoms with Crippen LogP contribution in [0.3, 0.4) is 0 Å². The molecule has 0 unspecified atom stereocenters. The highest BCUT2D eigenvalue weighted by molar-refractivity contribution is 7.88. The molecule has 0 fully saturated rings. The first-order valence-electron chi connectivity index (χ1n) is 6.86. The monoisotopic (exact) mass is 326 g/mol. The van der Waals surface area contributed by atoms with Crippen molar-refractivity contribution in [2.75, 3.05) is 25.5 Å². The highest BCUT2D eigenvalue weighted by atomic mass is 32.2. The van der Waals surface area contributed by atoms with Gasteiger partial charge in [0.1, 0.15) is 11.6 Å². The fraction of sp³-hybridized carbons (Fsp3) is 0.333. The van der Waals surface area contributed by atoms with Crippen LogP contribution in [0.15, 0.2) is 45.9 Å². The van der Waals surface area contributed by atoms with Gasteiger partial charge in [-0.2, -0.15) is 0 Å². The summed E-state index contributed by atoms with van der Waals surface area (Å²) >= 11 is 0. The number of benzene rings is 1. The van der Waals surface area contributed by atoms with Crippen LogP contribution in [0, 0.1) is 5.82 Å². The van der Waals surface area contributed by atoms with Crippen LogP contribution in [0.25, 0.3) is 0 Å². The standard InChI is InChI=1S/C15H19FN2O3S/c1-4-18(13-7-5-12(16)6-8-13)11-14-9-10-15(21-14)22(19,20)17(2)3/h5-10H,4,11H2,1-3H3. The Morgan fingerprint density at radius 3 is 2.27 bits per heavy atom. The summed E-state index contributed by atoms with van der Waals surface area (Å²) in [5, 5.41) is -0.0809. The molecule has 1 aromatic carbocycles. The molecule has 0 saturated carbocycles. The third-order valence-electron chi connectivity index (χ3n) is 3.29. The van der Waals surface area contributed by atoms with Crippen molar-refractivity contribution < 1.29 is 17.2 Å². The average Bonchev–Trinajstić information content (AvgIpc) is 2.95. The summed E-state index contributed by atoms with van der Waals surface area (Å²) in [7, 11) is -0.665. The summed E-state index contributed by atoms with van der Waals surface area (Å²) in [4.78, 5) is 1.96. The number of rotatable bonds is 6. The van der Waals surface area contributed by atoms with E-state index in [0.29, 0.717) is 18.8 Å². The number of furan rings is 1. The number of halogens is 1. The number of nitrogens with zero attached hydrogens (tertiary/aromatic N) is 2. The van der Waals surface area contributed by atoms with E-state index in [4.69, 9.17) is 4.42 Å². The molecule has 0 aliphatic carbocycles. The molecular weight excluding hydrogens is 307 g/mol. The molecule has 0 radical (unpaired) electrons. The Morgan fingerprint density at radius 2 is 1.73 bits per heavy atom. The van der Waals surface area contributed by atoms with E-state index in [-0.39, 0.29) is 10.9 Å². The Bertz CT molecular complexity index is 724. The number of hydrogen-bond acceptors (Lipinski definition) is 4. The van der Waals surface area contributed by atoms with Gasteiger partial charge >= 0.3 is 0 Å². The molecular formula is C15H19FN2O3S. The molecule has 0 spiro atoms. The van der Waals surface area contributed by atoms with Crippen LogP contribution >= 0.6 is 0 Å². The van der Waals surface area contributed by atoms with Gasteiger partial charge in [0.25, 0.3) is 10.0 Å². The Balaban J connectivity index is 2.19. The maximum Gasteiger partial charge on any atom is 0.275 e. The maximum atomic E-state index is 13.0. The van der Waals surface area contributed by atoms with Crippen LogP contribution in [0.4, 0.5) is 10.1 Å². The first-order chi connectivity index (χ1) is 10.3. The van der Waals surface area contributed by atoms with Gasteiger partial charge in [-0.25, -0.2) is 17.1 Å². The topological polar surface area (TPSA) is 53.8 Å². The lowest BCUT2D eigenvalue weighted by atomic mass is 10.2. The van der Waals surface area contributed by atoms with Crippen molar-refractivity contribution in [1.29, 1.82) is 0 Å². The van der Waals surface area contributed by atoms with Crippen molar-refractivity contribution in [2.24, 2.45) is 0 Å². The summed E-state index contributed by atoms with van der Waals surface area (Å²) in [6, 6.07) is 9.23. The Labute approximate surface area is 130 Å². The zero-order valence-corrected chi connectivity index (χ0v) is 13.6. The number of anilines is 1. The highest BCUT2D eigenvalue weighted by Crippen LogP contribution is 2.21. The van der Waals surface area contributed by atoms with Gasteiger partial charge in [-0.3, -0.25) is 0 Å². The highest BCUT2D eigenvalue weighted by Gasteiger charge is 2.22. The second-order valence-electron chi connectivity index (χ2n) is 5.00. The third kappa shape index (κ3) is 3.48. The molecule has 2 rings (SSSR count). The molecule has 0 aliphatic heterocycles. The van der Waals surface area contributed by atoms with Gasteiger partial charge in [0.2, 0.25) is 5.09 Å². The lowest BCUT2D eigenvalue weighted by molar-refractivity contribution is 0.397. The predicted octanol–water partition coefficient (Wildman–Crippen LogP) is 2.70. The van der Waals surface area contributed by atoms with Crippen molar-refractivity contribution in [1.82, 2.24) is 4.31 Å². The minimum atomic E-state index is -3.57. The second kappa shape index (κ2) is 6.50. The molecule has 0 bridgehead atoms. The van der Waals surface area contributed by atoms with E-state index in [1.807, 2.05) is 11.8 Å². The number of sulfonamides is 1. The minimum Gasteiger partial charge on any atom is -0.446 e. The molecule has 1 heterocycles. The average molecular weight is 326 g/mol. The summed E-state index contributed by atoms with van der Waals surface area (Å²) in [6.07, 6.45) is 0. The molecule has 5 nitrogen and oxygen atoms in total. The molecule has 0 saturated heterocycles. The smallest absolute Gasteiger partial charge is 0.275 e. The summed E-state index contributed by atoms with van der Waals surface area (Å²) in [6.45, 7) is 3.05. The SMILES string of the molecule is CCN(Cc1ccc(S(=O)(=O)N(C)C)o1)c1ccc(F)cc1. The zero-order valence-electron chi connectivity index (χ0n) is 12.8. The van der Waals surface area contributed by atoms with Gasteiger partial charge in [-0.1, -0.05) is 0 Å². The minimum absolute atomic E-state index is 0.0809. The summed E-state index contributed by atoms with van der Waals surface area (Å²) in [5.74, 6) is 0.240. The van der Waals surface area contributed by atoms with Crippen LogP contribution in [-0.2, 0) is 16.6 Å². The van der Waals surface area contributed by atoms with Crippen LogP contribution in [0.2, 0.25) is 0 Å². The van der Waals surface area contributed by atoms with Crippen molar-refractivity contribution in [3.63, 3.8) is 0 Å². The third-order valence-corrected chi connectivity index (χ3v) is 4.98. The van der Waals surface area contributed by atoms with E-state index >= 15 is 0 Å². The van der Waals surface area contributed by atoms with Crippen LogP contribution in [0.5, 0.6) is 0 Å². The quantitative estimate of drug-likeness (QED) is 0.819. The van der Waals surface area contributed by atoms with Gasteiger partial charge in [0, 0.05) is 26.3 Å². The molecule has 1 aromatic heterocycles. The first-order valence-corrected chi connectivity index (χ1v) is 8.30. The van der Waals surface area contributed by atoms with Crippen molar-refractivity contribution in [3.8, 4) is 0 Å². The van der Waals surface area contributed by atoms with E-state index in [9.17, 15) is 12.8 Å². The zero-order chi connectivity index (χ0) is 16.3. The largest absolute Gasteiger partial charge is 0.446 e. The molecule has 0 atom stereocenters. The molecule has 7 heteroatoms. The fourth-order valence-corrected chi connectivity index (χ4v) is 2.80. The summed E-state index contributed by atoms with van der Waals surface area (Å²) < 4.78 is 43.5. The lowest BCUT2D eigenvalue weighted by Crippen LogP contribution is -2.22. The van der Waals surface area contributed by atoms with E-state index < -0.39 is 10.0 Å². The maximum absolute atomic E-state index is 13.0. The first kappa shape index (κ1) is 16.5. The van der Waals surface area contributed by atoms with Crippen LogP contribution in [0.1, 0.15) is 12.7 Å². The van der Waals surface area contributed by atoms with E-state index in [1.165, 1.54) is 32.3 Å². The molecule has 2 aromatic rings. The summed E-state index contributed by atoms with van der Waals surface area (Å²) in [5.41, 5.74) is 0.845. The van der Waals surface area contributed by atoms with Crippen LogP contribution < -0.4 is 4.90 Å². The Kier molecular flexibility index (Phi) is 4.87. The van der Waals surface area contributed by atoms with Gasteiger partial charge in [-0.15, -0.1) is 0 Å². The molecule has 0 N–H and O–H groups in total. The van der Waals surface area contributed by atoms with Crippen LogP contribution in [-0.4, -0.2) is 33.4 Å². The van der Waals surface area contributed by atoms with Gasteiger partial charge in [0.15, 0.2) is 0 Å². The van der Waals surface area contributed by atoms with Gasteiger partial charge < -0.3 is 9.32 Å².